The average Bonchev–Trinajstić information content (AvgIpc) is 2.61. The van der Waals surface area contributed by atoms with Gasteiger partial charge in [-0.2, -0.15) is 0 Å². The maximum atomic E-state index is 12.6. The normalized spacial score (nSPS) is 19.5. The number of carbonyl (C=O) groups is 1. The lowest BCUT2D eigenvalue weighted by atomic mass is 9.85. The largest absolute Gasteiger partial charge is 0.378 e. The third kappa shape index (κ3) is 3.66. The highest BCUT2D eigenvalue weighted by Gasteiger charge is 2.28. The number of hydrogen-bond donors (Lipinski definition) is 0. The average molecular weight is 331 g/mol. The maximum absolute atomic E-state index is 12.6. The van der Waals surface area contributed by atoms with Crippen LogP contribution in [0.5, 0.6) is 0 Å². The number of para-hydroxylation sites is 1. The van der Waals surface area contributed by atoms with E-state index in [9.17, 15) is 4.79 Å². The Hall–Kier alpha value is -1.75. The van der Waals surface area contributed by atoms with Gasteiger partial charge in [0.1, 0.15) is 0 Å². The third-order valence-electron chi connectivity index (χ3n) is 4.88. The minimum Gasteiger partial charge on any atom is -0.378 e. The van der Waals surface area contributed by atoms with Gasteiger partial charge in [-0.15, -0.1) is 0 Å². The molecule has 0 N–H and O–H groups in total. The molecule has 24 heavy (non-hydrogen) atoms. The fourth-order valence-corrected chi connectivity index (χ4v) is 3.48. The molecular formula is C19H29N3O2. The Balaban J connectivity index is 1.64. The Morgan fingerprint density at radius 3 is 2.12 bits per heavy atom. The predicted octanol–water partition coefficient (Wildman–Crippen LogP) is 2.56. The Morgan fingerprint density at radius 1 is 0.917 bits per heavy atom. The molecule has 0 bridgehead atoms. The molecule has 132 valence electrons. The first-order valence-corrected chi connectivity index (χ1v) is 8.93. The molecule has 2 heterocycles. The summed E-state index contributed by atoms with van der Waals surface area (Å²) in [5.74, 6) is 0. The molecule has 2 aliphatic rings. The van der Waals surface area contributed by atoms with Gasteiger partial charge in [0.15, 0.2) is 0 Å². The first-order valence-electron chi connectivity index (χ1n) is 8.93. The number of piperazine rings is 1. The van der Waals surface area contributed by atoms with Crippen LogP contribution >= 0.6 is 0 Å². The van der Waals surface area contributed by atoms with Gasteiger partial charge in [-0.1, -0.05) is 39.0 Å². The predicted molar refractivity (Wildman–Crippen MR) is 96.7 cm³/mol. The maximum Gasteiger partial charge on any atom is 0.320 e. The van der Waals surface area contributed by atoms with E-state index in [-0.39, 0.29) is 11.4 Å². The van der Waals surface area contributed by atoms with E-state index in [0.29, 0.717) is 26.3 Å². The van der Waals surface area contributed by atoms with Crippen LogP contribution in [0.25, 0.3) is 0 Å². The zero-order chi connectivity index (χ0) is 17.2. The fraction of sp³-hybridized carbons (Fsp3) is 0.632. The number of amides is 2. The number of nitrogens with zero attached hydrogens (tertiary/aromatic N) is 3. The number of urea groups is 1. The first kappa shape index (κ1) is 17.1. The third-order valence-corrected chi connectivity index (χ3v) is 4.88. The standard InChI is InChI=1S/C19H29N3O2/c1-19(2,3)16-6-4-5-7-17(16)20-8-10-21(11-9-20)18(23)22-12-14-24-15-13-22/h4-7H,8-15H2,1-3H3. The van der Waals surface area contributed by atoms with E-state index in [1.54, 1.807) is 0 Å². The second-order valence-electron chi connectivity index (χ2n) is 7.62. The van der Waals surface area contributed by atoms with Crippen molar-refractivity contribution in [3.63, 3.8) is 0 Å². The van der Waals surface area contributed by atoms with Crippen LogP contribution in [0, 0.1) is 0 Å². The molecule has 2 amide bonds. The summed E-state index contributed by atoms with van der Waals surface area (Å²) in [5.41, 5.74) is 2.80. The van der Waals surface area contributed by atoms with E-state index in [1.807, 2.05) is 9.80 Å². The van der Waals surface area contributed by atoms with E-state index >= 15 is 0 Å². The van der Waals surface area contributed by atoms with Crippen molar-refractivity contribution < 1.29 is 9.53 Å². The monoisotopic (exact) mass is 331 g/mol. The number of morpholine rings is 1. The highest BCUT2D eigenvalue weighted by Crippen LogP contribution is 2.32. The highest BCUT2D eigenvalue weighted by atomic mass is 16.5. The topological polar surface area (TPSA) is 36.0 Å². The number of carbonyl (C=O) groups excluding carboxylic acids is 1. The fourth-order valence-electron chi connectivity index (χ4n) is 3.48. The van der Waals surface area contributed by atoms with E-state index in [1.165, 1.54) is 11.3 Å². The van der Waals surface area contributed by atoms with Gasteiger partial charge < -0.3 is 19.4 Å². The zero-order valence-corrected chi connectivity index (χ0v) is 15.1. The van der Waals surface area contributed by atoms with Gasteiger partial charge in [-0.05, 0) is 17.0 Å². The van der Waals surface area contributed by atoms with Crippen molar-refractivity contribution >= 4 is 11.7 Å². The molecule has 0 saturated carbocycles. The molecule has 0 atom stereocenters. The molecule has 0 aliphatic carbocycles. The van der Waals surface area contributed by atoms with Crippen LogP contribution in [0.15, 0.2) is 24.3 Å². The lowest BCUT2D eigenvalue weighted by molar-refractivity contribution is 0.0428. The minimum absolute atomic E-state index is 0.122. The van der Waals surface area contributed by atoms with Gasteiger partial charge >= 0.3 is 6.03 Å². The van der Waals surface area contributed by atoms with Crippen molar-refractivity contribution in [2.24, 2.45) is 0 Å². The number of ether oxygens (including phenoxy) is 1. The number of rotatable bonds is 1. The smallest absolute Gasteiger partial charge is 0.320 e. The van der Waals surface area contributed by atoms with Crippen molar-refractivity contribution in [1.29, 1.82) is 0 Å². The summed E-state index contributed by atoms with van der Waals surface area (Å²) >= 11 is 0. The lowest BCUT2D eigenvalue weighted by Gasteiger charge is -2.40. The summed E-state index contributed by atoms with van der Waals surface area (Å²) in [7, 11) is 0. The van der Waals surface area contributed by atoms with Crippen molar-refractivity contribution in [3.8, 4) is 0 Å². The summed E-state index contributed by atoms with van der Waals surface area (Å²) in [4.78, 5) is 18.9. The first-order chi connectivity index (χ1) is 11.5. The van der Waals surface area contributed by atoms with Crippen LogP contribution in [-0.2, 0) is 10.2 Å². The SMILES string of the molecule is CC(C)(C)c1ccccc1N1CCN(C(=O)N2CCOCC2)CC1. The molecule has 2 saturated heterocycles. The molecular weight excluding hydrogens is 302 g/mol. The summed E-state index contributed by atoms with van der Waals surface area (Å²) in [6, 6.07) is 8.82. The summed E-state index contributed by atoms with van der Waals surface area (Å²) in [6.07, 6.45) is 0. The molecule has 2 fully saturated rings. The second-order valence-corrected chi connectivity index (χ2v) is 7.62. The highest BCUT2D eigenvalue weighted by molar-refractivity contribution is 5.75. The van der Waals surface area contributed by atoms with E-state index < -0.39 is 0 Å². The molecule has 0 spiro atoms. The molecule has 1 aromatic carbocycles. The minimum atomic E-state index is 0.122. The van der Waals surface area contributed by atoms with Gasteiger partial charge in [0, 0.05) is 45.0 Å². The molecule has 3 rings (SSSR count). The van der Waals surface area contributed by atoms with Gasteiger partial charge in [0.25, 0.3) is 0 Å². The van der Waals surface area contributed by atoms with Gasteiger partial charge in [-0.3, -0.25) is 0 Å². The Kier molecular flexibility index (Phi) is 4.99. The van der Waals surface area contributed by atoms with Crippen LogP contribution in [0.3, 0.4) is 0 Å². The van der Waals surface area contributed by atoms with Crippen LogP contribution in [0.2, 0.25) is 0 Å². The molecule has 0 radical (unpaired) electrons. The molecule has 2 aliphatic heterocycles. The van der Waals surface area contributed by atoms with Gasteiger partial charge in [-0.25, -0.2) is 4.79 Å². The van der Waals surface area contributed by atoms with Crippen LogP contribution in [0.1, 0.15) is 26.3 Å². The number of benzene rings is 1. The van der Waals surface area contributed by atoms with Crippen LogP contribution in [-0.4, -0.2) is 68.3 Å². The van der Waals surface area contributed by atoms with E-state index in [0.717, 1.165) is 26.2 Å². The summed E-state index contributed by atoms with van der Waals surface area (Å²) < 4.78 is 5.34. The lowest BCUT2D eigenvalue weighted by Crippen LogP contribution is -2.55. The number of anilines is 1. The number of hydrogen-bond acceptors (Lipinski definition) is 3. The summed E-state index contributed by atoms with van der Waals surface area (Å²) in [5, 5.41) is 0. The Morgan fingerprint density at radius 2 is 1.50 bits per heavy atom. The Bertz CT molecular complexity index is 568. The van der Waals surface area contributed by atoms with Crippen molar-refractivity contribution in [2.45, 2.75) is 26.2 Å². The van der Waals surface area contributed by atoms with Crippen LogP contribution < -0.4 is 4.90 Å². The Labute approximate surface area is 145 Å². The van der Waals surface area contributed by atoms with Gasteiger partial charge in [0.05, 0.1) is 13.2 Å². The van der Waals surface area contributed by atoms with Crippen molar-refractivity contribution in [1.82, 2.24) is 9.80 Å². The molecule has 1 aromatic rings. The van der Waals surface area contributed by atoms with E-state index in [2.05, 4.69) is 49.9 Å². The quantitative estimate of drug-likeness (QED) is 0.793. The molecule has 5 nitrogen and oxygen atoms in total. The molecule has 0 aromatic heterocycles. The molecule has 0 unspecified atom stereocenters. The van der Waals surface area contributed by atoms with Gasteiger partial charge in [0.2, 0.25) is 0 Å². The summed E-state index contributed by atoms with van der Waals surface area (Å²) in [6.45, 7) is 12.9. The van der Waals surface area contributed by atoms with E-state index in [4.69, 9.17) is 4.74 Å². The van der Waals surface area contributed by atoms with Crippen molar-refractivity contribution in [2.75, 3.05) is 57.4 Å². The second kappa shape index (κ2) is 7.01. The van der Waals surface area contributed by atoms with Crippen molar-refractivity contribution in [3.05, 3.63) is 29.8 Å². The van der Waals surface area contributed by atoms with Crippen LogP contribution in [0.4, 0.5) is 10.5 Å². The zero-order valence-electron chi connectivity index (χ0n) is 15.1. The molecule has 5 heteroatoms.